The van der Waals surface area contributed by atoms with Gasteiger partial charge in [-0.25, -0.2) is 0 Å². The fourth-order valence-corrected chi connectivity index (χ4v) is 3.17. The number of benzene rings is 1. The summed E-state index contributed by atoms with van der Waals surface area (Å²) in [6, 6.07) is 9.32. The van der Waals surface area contributed by atoms with E-state index in [4.69, 9.17) is 5.73 Å². The number of likely N-dealkylation sites (tertiary alicyclic amines) is 1. The van der Waals surface area contributed by atoms with Crippen LogP contribution in [0.15, 0.2) is 28.7 Å². The summed E-state index contributed by atoms with van der Waals surface area (Å²) in [4.78, 5) is 2.54. The molecule has 2 rings (SSSR count). The molecule has 0 aromatic heterocycles. The normalized spacial score (nSPS) is 28.0. The largest absolute Gasteiger partial charge is 0.327 e. The summed E-state index contributed by atoms with van der Waals surface area (Å²) in [5.41, 5.74) is 7.44. The van der Waals surface area contributed by atoms with Crippen molar-refractivity contribution in [2.75, 3.05) is 13.1 Å². The molecule has 0 saturated carbocycles. The van der Waals surface area contributed by atoms with Gasteiger partial charge >= 0.3 is 0 Å². The van der Waals surface area contributed by atoms with E-state index < -0.39 is 0 Å². The molecule has 0 spiro atoms. The molecule has 2 nitrogen and oxygen atoms in total. The van der Waals surface area contributed by atoms with Crippen molar-refractivity contribution in [1.29, 1.82) is 0 Å². The number of hydrogen-bond acceptors (Lipinski definition) is 2. The van der Waals surface area contributed by atoms with E-state index in [1.165, 1.54) is 10.0 Å². The Balaban J connectivity index is 2.10. The van der Waals surface area contributed by atoms with Crippen LogP contribution in [0.3, 0.4) is 0 Å². The van der Waals surface area contributed by atoms with Crippen LogP contribution in [0.2, 0.25) is 0 Å². The molecule has 1 aliphatic rings. The second-order valence-electron chi connectivity index (χ2n) is 5.12. The Bertz CT molecular complexity index is 380. The van der Waals surface area contributed by atoms with Crippen molar-refractivity contribution < 1.29 is 0 Å². The molecule has 0 radical (unpaired) electrons. The molecule has 1 heterocycles. The third kappa shape index (κ3) is 2.90. The average molecular weight is 297 g/mol. The molecule has 0 aliphatic carbocycles. The third-order valence-electron chi connectivity index (χ3n) is 3.91. The molecule has 1 saturated heterocycles. The lowest BCUT2D eigenvalue weighted by Gasteiger charge is -2.39. The van der Waals surface area contributed by atoms with Crippen LogP contribution in [0.25, 0.3) is 0 Å². The fraction of sp³-hybridized carbons (Fsp3) is 0.571. The van der Waals surface area contributed by atoms with Gasteiger partial charge in [0.25, 0.3) is 0 Å². The quantitative estimate of drug-likeness (QED) is 0.908. The zero-order valence-electron chi connectivity index (χ0n) is 10.6. The van der Waals surface area contributed by atoms with Gasteiger partial charge in [-0.15, -0.1) is 0 Å². The second-order valence-corrected chi connectivity index (χ2v) is 5.98. The van der Waals surface area contributed by atoms with Crippen molar-refractivity contribution in [2.45, 2.75) is 32.4 Å². The summed E-state index contributed by atoms with van der Waals surface area (Å²) in [6.45, 7) is 6.74. The SMILES string of the molecule is CC1CN(C(C)c2ccccc2Br)CCC1N. The Kier molecular flexibility index (Phi) is 4.23. The zero-order chi connectivity index (χ0) is 12.4. The van der Waals surface area contributed by atoms with Gasteiger partial charge < -0.3 is 5.73 Å². The second kappa shape index (κ2) is 5.51. The number of piperidine rings is 1. The molecule has 3 unspecified atom stereocenters. The number of nitrogens with two attached hydrogens (primary N) is 1. The van der Waals surface area contributed by atoms with Crippen molar-refractivity contribution in [3.8, 4) is 0 Å². The predicted octanol–water partition coefficient (Wildman–Crippen LogP) is 3.18. The maximum atomic E-state index is 6.07. The van der Waals surface area contributed by atoms with Gasteiger partial charge in [0.2, 0.25) is 0 Å². The lowest BCUT2D eigenvalue weighted by atomic mass is 9.92. The summed E-state index contributed by atoms with van der Waals surface area (Å²) < 4.78 is 1.20. The summed E-state index contributed by atoms with van der Waals surface area (Å²) in [7, 11) is 0. The number of halogens is 1. The third-order valence-corrected chi connectivity index (χ3v) is 4.63. The molecule has 1 aromatic carbocycles. The molecule has 2 N–H and O–H groups in total. The van der Waals surface area contributed by atoms with Crippen molar-refractivity contribution in [3.63, 3.8) is 0 Å². The molecule has 1 aromatic rings. The summed E-state index contributed by atoms with van der Waals surface area (Å²) in [6.07, 6.45) is 1.11. The van der Waals surface area contributed by atoms with Crippen LogP contribution < -0.4 is 5.73 Å². The van der Waals surface area contributed by atoms with Crippen molar-refractivity contribution in [2.24, 2.45) is 11.7 Å². The summed E-state index contributed by atoms with van der Waals surface area (Å²) in [5, 5.41) is 0. The van der Waals surface area contributed by atoms with Gasteiger partial charge in [0.05, 0.1) is 0 Å². The number of nitrogens with zero attached hydrogens (tertiary/aromatic N) is 1. The maximum Gasteiger partial charge on any atom is 0.0331 e. The molecular weight excluding hydrogens is 276 g/mol. The topological polar surface area (TPSA) is 29.3 Å². The molecule has 94 valence electrons. The molecule has 1 aliphatic heterocycles. The minimum absolute atomic E-state index is 0.373. The van der Waals surface area contributed by atoms with Gasteiger partial charge in [0, 0.05) is 29.6 Å². The number of rotatable bonds is 2. The molecule has 3 atom stereocenters. The highest BCUT2D eigenvalue weighted by Gasteiger charge is 2.27. The van der Waals surface area contributed by atoms with Crippen LogP contribution >= 0.6 is 15.9 Å². The van der Waals surface area contributed by atoms with Gasteiger partial charge in [-0.05, 0) is 30.9 Å². The summed E-state index contributed by atoms with van der Waals surface area (Å²) in [5.74, 6) is 0.591. The van der Waals surface area contributed by atoms with Gasteiger partial charge in [-0.3, -0.25) is 4.90 Å². The van der Waals surface area contributed by atoms with Gasteiger partial charge in [-0.1, -0.05) is 41.1 Å². The van der Waals surface area contributed by atoms with E-state index in [9.17, 15) is 0 Å². The Labute approximate surface area is 112 Å². The van der Waals surface area contributed by atoms with E-state index in [0.29, 0.717) is 18.0 Å². The molecular formula is C14H21BrN2. The molecule has 3 heteroatoms. The van der Waals surface area contributed by atoms with E-state index in [0.717, 1.165) is 19.5 Å². The first-order valence-corrected chi connectivity index (χ1v) is 7.13. The Morgan fingerprint density at radius 2 is 2.12 bits per heavy atom. The molecule has 0 bridgehead atoms. The number of hydrogen-bond donors (Lipinski definition) is 1. The minimum Gasteiger partial charge on any atom is -0.327 e. The molecule has 1 fully saturated rings. The minimum atomic E-state index is 0.373. The van der Waals surface area contributed by atoms with Gasteiger partial charge in [-0.2, -0.15) is 0 Å². The lowest BCUT2D eigenvalue weighted by Crippen LogP contribution is -2.46. The van der Waals surface area contributed by atoms with Crippen molar-refractivity contribution in [1.82, 2.24) is 4.90 Å². The Hall–Kier alpha value is -0.380. The first kappa shape index (κ1) is 13.1. The average Bonchev–Trinajstić information content (AvgIpc) is 2.32. The van der Waals surface area contributed by atoms with Crippen LogP contribution in [0.1, 0.15) is 31.9 Å². The Morgan fingerprint density at radius 1 is 1.41 bits per heavy atom. The highest BCUT2D eigenvalue weighted by Crippen LogP contribution is 2.30. The zero-order valence-corrected chi connectivity index (χ0v) is 12.2. The first-order chi connectivity index (χ1) is 8.09. The van der Waals surface area contributed by atoms with E-state index in [-0.39, 0.29) is 0 Å². The fourth-order valence-electron chi connectivity index (χ4n) is 2.56. The van der Waals surface area contributed by atoms with Gasteiger partial charge in [0.15, 0.2) is 0 Å². The standard InChI is InChI=1S/C14H21BrN2/c1-10-9-17(8-7-14(10)16)11(2)12-5-3-4-6-13(12)15/h3-6,10-11,14H,7-9,16H2,1-2H3. The van der Waals surface area contributed by atoms with Crippen LogP contribution in [-0.2, 0) is 0 Å². The van der Waals surface area contributed by atoms with Crippen LogP contribution in [0, 0.1) is 5.92 Å². The summed E-state index contributed by atoms with van der Waals surface area (Å²) >= 11 is 3.64. The van der Waals surface area contributed by atoms with Crippen molar-refractivity contribution in [3.05, 3.63) is 34.3 Å². The first-order valence-electron chi connectivity index (χ1n) is 6.33. The van der Waals surface area contributed by atoms with E-state index >= 15 is 0 Å². The Morgan fingerprint density at radius 3 is 2.76 bits per heavy atom. The lowest BCUT2D eigenvalue weighted by molar-refractivity contribution is 0.124. The van der Waals surface area contributed by atoms with E-state index in [1.54, 1.807) is 0 Å². The van der Waals surface area contributed by atoms with Crippen molar-refractivity contribution >= 4 is 15.9 Å². The molecule has 17 heavy (non-hydrogen) atoms. The maximum absolute atomic E-state index is 6.07. The van der Waals surface area contributed by atoms with Crippen LogP contribution in [-0.4, -0.2) is 24.0 Å². The van der Waals surface area contributed by atoms with Gasteiger partial charge in [0.1, 0.15) is 0 Å². The highest BCUT2D eigenvalue weighted by molar-refractivity contribution is 9.10. The van der Waals surface area contributed by atoms with Crippen LogP contribution in [0.4, 0.5) is 0 Å². The monoisotopic (exact) mass is 296 g/mol. The van der Waals surface area contributed by atoms with E-state index in [1.807, 2.05) is 0 Å². The smallest absolute Gasteiger partial charge is 0.0331 e. The van der Waals surface area contributed by atoms with E-state index in [2.05, 4.69) is 58.9 Å². The predicted molar refractivity (Wildman–Crippen MR) is 75.9 cm³/mol. The molecule has 0 amide bonds. The van der Waals surface area contributed by atoms with Crippen LogP contribution in [0.5, 0.6) is 0 Å². The highest BCUT2D eigenvalue weighted by atomic mass is 79.9.